The number of pyridine rings is 1. The summed E-state index contributed by atoms with van der Waals surface area (Å²) in [4.78, 5) is 31.6. The normalized spacial score (nSPS) is 10.4. The molecule has 5 nitrogen and oxygen atoms in total. The zero-order valence-electron chi connectivity index (χ0n) is 15.2. The van der Waals surface area contributed by atoms with Gasteiger partial charge in [-0.05, 0) is 35.7 Å². The van der Waals surface area contributed by atoms with E-state index in [4.69, 9.17) is 11.6 Å². The van der Waals surface area contributed by atoms with Crippen molar-refractivity contribution in [1.29, 1.82) is 0 Å². The molecule has 0 N–H and O–H groups in total. The van der Waals surface area contributed by atoms with Crippen LogP contribution in [0.15, 0.2) is 48.8 Å². The Morgan fingerprint density at radius 3 is 2.42 bits per heavy atom. The first kappa shape index (κ1) is 19.9. The minimum atomic E-state index is -0.0721. The van der Waals surface area contributed by atoms with Gasteiger partial charge in [0.2, 0.25) is 11.8 Å². The van der Waals surface area contributed by atoms with E-state index in [2.05, 4.69) is 4.98 Å². The molecular formula is C20H24ClN3O2. The van der Waals surface area contributed by atoms with E-state index in [-0.39, 0.29) is 18.2 Å². The van der Waals surface area contributed by atoms with E-state index in [1.807, 2.05) is 30.3 Å². The van der Waals surface area contributed by atoms with Crippen LogP contribution in [-0.2, 0) is 22.6 Å². The summed E-state index contributed by atoms with van der Waals surface area (Å²) in [5.41, 5.74) is 2.02. The van der Waals surface area contributed by atoms with E-state index < -0.39 is 0 Å². The highest BCUT2D eigenvalue weighted by Crippen LogP contribution is 2.17. The van der Waals surface area contributed by atoms with Gasteiger partial charge in [-0.2, -0.15) is 0 Å². The van der Waals surface area contributed by atoms with Crippen LogP contribution < -0.4 is 0 Å². The fraction of sp³-hybridized carbons (Fsp3) is 0.350. The molecule has 6 heteroatoms. The molecule has 0 radical (unpaired) electrons. The number of carbonyl (C=O) groups excluding carboxylic acids is 2. The fourth-order valence-electron chi connectivity index (χ4n) is 2.57. The van der Waals surface area contributed by atoms with Gasteiger partial charge in [0.25, 0.3) is 0 Å². The summed E-state index contributed by atoms with van der Waals surface area (Å²) < 4.78 is 0. The third-order valence-electron chi connectivity index (χ3n) is 4.27. The minimum absolute atomic E-state index is 0.0180. The number of nitrogens with zero attached hydrogens (tertiary/aromatic N) is 3. The van der Waals surface area contributed by atoms with E-state index in [1.165, 1.54) is 6.92 Å². The molecule has 2 rings (SSSR count). The summed E-state index contributed by atoms with van der Waals surface area (Å²) in [5.74, 6) is -0.0541. The third-order valence-corrected chi connectivity index (χ3v) is 4.64. The van der Waals surface area contributed by atoms with Crippen LogP contribution in [0.2, 0.25) is 5.02 Å². The highest BCUT2D eigenvalue weighted by Gasteiger charge is 2.15. The van der Waals surface area contributed by atoms with Crippen molar-refractivity contribution >= 4 is 23.4 Å². The van der Waals surface area contributed by atoms with E-state index in [9.17, 15) is 9.59 Å². The standard InChI is InChI=1S/C20H24ClN3O2/c1-16(25)24(15-18-5-3-4-6-19(18)21)14-10-20(26)23(2)13-9-17-7-11-22-12-8-17/h3-8,11-12H,9-10,13-15H2,1-2H3. The number of hydrogen-bond donors (Lipinski definition) is 0. The van der Waals surface area contributed by atoms with Crippen LogP contribution in [0.5, 0.6) is 0 Å². The Morgan fingerprint density at radius 2 is 1.77 bits per heavy atom. The van der Waals surface area contributed by atoms with Crippen molar-refractivity contribution in [1.82, 2.24) is 14.8 Å². The molecule has 0 saturated heterocycles. The van der Waals surface area contributed by atoms with Gasteiger partial charge in [0.1, 0.15) is 0 Å². The Balaban J connectivity index is 1.84. The Hall–Kier alpha value is -2.40. The predicted molar refractivity (Wildman–Crippen MR) is 103 cm³/mol. The van der Waals surface area contributed by atoms with Gasteiger partial charge in [0, 0.05) is 57.4 Å². The largest absolute Gasteiger partial charge is 0.345 e. The number of likely N-dealkylation sites (N-methyl/N-ethyl adjacent to an activating group) is 1. The maximum atomic E-state index is 12.4. The summed E-state index contributed by atoms with van der Waals surface area (Å²) in [6, 6.07) is 11.3. The summed E-state index contributed by atoms with van der Waals surface area (Å²) in [7, 11) is 1.79. The van der Waals surface area contributed by atoms with Gasteiger partial charge < -0.3 is 9.80 Å². The van der Waals surface area contributed by atoms with E-state index in [0.29, 0.717) is 24.7 Å². The maximum Gasteiger partial charge on any atom is 0.224 e. The highest BCUT2D eigenvalue weighted by molar-refractivity contribution is 6.31. The first-order valence-electron chi connectivity index (χ1n) is 8.59. The van der Waals surface area contributed by atoms with Gasteiger partial charge >= 0.3 is 0 Å². The van der Waals surface area contributed by atoms with Crippen LogP contribution in [0.25, 0.3) is 0 Å². The molecule has 0 spiro atoms. The van der Waals surface area contributed by atoms with Crippen molar-refractivity contribution in [3.8, 4) is 0 Å². The number of benzene rings is 1. The van der Waals surface area contributed by atoms with Crippen molar-refractivity contribution in [3.05, 3.63) is 64.9 Å². The topological polar surface area (TPSA) is 53.5 Å². The Bertz CT molecular complexity index is 737. The number of hydrogen-bond acceptors (Lipinski definition) is 3. The lowest BCUT2D eigenvalue weighted by molar-refractivity contribution is -0.133. The zero-order valence-corrected chi connectivity index (χ0v) is 15.9. The van der Waals surface area contributed by atoms with Crippen LogP contribution in [0.1, 0.15) is 24.5 Å². The number of amides is 2. The van der Waals surface area contributed by atoms with Crippen molar-refractivity contribution in [2.24, 2.45) is 0 Å². The summed E-state index contributed by atoms with van der Waals surface area (Å²) in [6.07, 6.45) is 4.56. The average molecular weight is 374 g/mol. The van der Waals surface area contributed by atoms with Crippen LogP contribution >= 0.6 is 11.6 Å². The lowest BCUT2D eigenvalue weighted by Crippen LogP contribution is -2.35. The zero-order chi connectivity index (χ0) is 18.9. The van der Waals surface area contributed by atoms with Gasteiger partial charge in [-0.1, -0.05) is 29.8 Å². The SMILES string of the molecule is CC(=O)N(CCC(=O)N(C)CCc1ccncc1)Cc1ccccc1Cl. The molecule has 0 bridgehead atoms. The molecule has 2 aromatic rings. The molecule has 0 aliphatic heterocycles. The fourth-order valence-corrected chi connectivity index (χ4v) is 2.77. The van der Waals surface area contributed by atoms with Crippen molar-refractivity contribution < 1.29 is 9.59 Å². The second kappa shape index (κ2) is 9.92. The first-order chi connectivity index (χ1) is 12.5. The molecule has 0 saturated carbocycles. The Morgan fingerprint density at radius 1 is 1.08 bits per heavy atom. The van der Waals surface area contributed by atoms with Gasteiger partial charge in [0.15, 0.2) is 0 Å². The van der Waals surface area contributed by atoms with Crippen LogP contribution in [0.3, 0.4) is 0 Å². The van der Waals surface area contributed by atoms with Crippen LogP contribution in [0, 0.1) is 0 Å². The molecule has 0 unspecified atom stereocenters. The number of carbonyl (C=O) groups is 2. The van der Waals surface area contributed by atoms with Crippen molar-refractivity contribution in [2.75, 3.05) is 20.1 Å². The number of halogens is 1. The third kappa shape index (κ3) is 6.15. The van der Waals surface area contributed by atoms with Crippen molar-refractivity contribution in [3.63, 3.8) is 0 Å². The predicted octanol–water partition coefficient (Wildman–Crippen LogP) is 3.17. The summed E-state index contributed by atoms with van der Waals surface area (Å²) >= 11 is 6.17. The molecule has 26 heavy (non-hydrogen) atoms. The number of rotatable bonds is 8. The summed E-state index contributed by atoms with van der Waals surface area (Å²) in [5, 5.41) is 0.625. The lowest BCUT2D eigenvalue weighted by Gasteiger charge is -2.23. The number of aromatic nitrogens is 1. The van der Waals surface area contributed by atoms with Gasteiger partial charge in [0.05, 0.1) is 0 Å². The second-order valence-corrected chi connectivity index (χ2v) is 6.61. The molecule has 0 aliphatic rings. The minimum Gasteiger partial charge on any atom is -0.345 e. The first-order valence-corrected chi connectivity index (χ1v) is 8.97. The molecule has 0 fully saturated rings. The van der Waals surface area contributed by atoms with E-state index in [1.54, 1.807) is 35.3 Å². The van der Waals surface area contributed by atoms with Gasteiger partial charge in [-0.3, -0.25) is 14.6 Å². The molecule has 1 aromatic carbocycles. The molecule has 1 aromatic heterocycles. The Labute approximate surface area is 159 Å². The summed E-state index contributed by atoms with van der Waals surface area (Å²) in [6.45, 7) is 2.92. The molecule has 138 valence electrons. The van der Waals surface area contributed by atoms with Crippen LogP contribution in [-0.4, -0.2) is 46.7 Å². The highest BCUT2D eigenvalue weighted by atomic mass is 35.5. The molecule has 0 aliphatic carbocycles. The second-order valence-electron chi connectivity index (χ2n) is 6.20. The maximum absolute atomic E-state index is 12.4. The smallest absolute Gasteiger partial charge is 0.224 e. The van der Waals surface area contributed by atoms with Crippen molar-refractivity contribution in [2.45, 2.75) is 26.3 Å². The van der Waals surface area contributed by atoms with Gasteiger partial charge in [-0.25, -0.2) is 0 Å². The lowest BCUT2D eigenvalue weighted by atomic mass is 10.2. The molecule has 1 heterocycles. The quantitative estimate of drug-likeness (QED) is 0.714. The van der Waals surface area contributed by atoms with E-state index >= 15 is 0 Å². The van der Waals surface area contributed by atoms with E-state index in [0.717, 1.165) is 17.5 Å². The monoisotopic (exact) mass is 373 g/mol. The average Bonchev–Trinajstić information content (AvgIpc) is 2.64. The molecular weight excluding hydrogens is 350 g/mol. The molecule has 2 amide bonds. The van der Waals surface area contributed by atoms with Gasteiger partial charge in [-0.15, -0.1) is 0 Å². The van der Waals surface area contributed by atoms with Crippen LogP contribution in [0.4, 0.5) is 0 Å². The Kier molecular flexibility index (Phi) is 7.60. The molecule has 0 atom stereocenters.